The third-order valence-corrected chi connectivity index (χ3v) is 5.82. The van der Waals surface area contributed by atoms with E-state index in [-0.39, 0.29) is 6.29 Å². The molecule has 0 saturated carbocycles. The van der Waals surface area contributed by atoms with Crippen LogP contribution in [0.1, 0.15) is 96.8 Å². The van der Waals surface area contributed by atoms with Crippen LogP contribution in [0.2, 0.25) is 0 Å². The van der Waals surface area contributed by atoms with Crippen molar-refractivity contribution in [1.29, 1.82) is 0 Å². The fraction of sp³-hybridized carbons (Fsp3) is 1.00. The Morgan fingerprint density at radius 1 is 0.667 bits per heavy atom. The quantitative estimate of drug-likeness (QED) is 0.198. The standard InChI is InChI=1S/C19H42NO3P/c1-4-5-6-7-8-9-10-11-12-13-14-15-16-17-18-20(2,3)19-24(21,22)23/h4-19H2,1-3H3,(H-,21,22,23)/p+1. The second-order valence-electron chi connectivity index (χ2n) is 8.06. The molecule has 0 aromatic rings. The zero-order chi connectivity index (χ0) is 18.3. The van der Waals surface area contributed by atoms with Gasteiger partial charge < -0.3 is 14.3 Å². The van der Waals surface area contributed by atoms with E-state index in [0.717, 1.165) is 13.0 Å². The van der Waals surface area contributed by atoms with Crippen molar-refractivity contribution in [2.75, 3.05) is 26.9 Å². The zero-order valence-corrected chi connectivity index (χ0v) is 17.4. The number of rotatable bonds is 17. The molecule has 0 spiro atoms. The maximum absolute atomic E-state index is 11.1. The molecule has 4 nitrogen and oxygen atoms in total. The molecule has 0 aromatic carbocycles. The Hall–Kier alpha value is 0.110. The Labute approximate surface area is 150 Å². The molecular formula is C19H43NO3P+. The van der Waals surface area contributed by atoms with Crippen molar-refractivity contribution in [1.82, 2.24) is 0 Å². The van der Waals surface area contributed by atoms with Crippen molar-refractivity contribution in [3.8, 4) is 0 Å². The van der Waals surface area contributed by atoms with Gasteiger partial charge in [-0.15, -0.1) is 0 Å². The monoisotopic (exact) mass is 364 g/mol. The van der Waals surface area contributed by atoms with Gasteiger partial charge in [0, 0.05) is 0 Å². The molecule has 0 aliphatic carbocycles. The van der Waals surface area contributed by atoms with Crippen LogP contribution in [0.15, 0.2) is 0 Å². The summed E-state index contributed by atoms with van der Waals surface area (Å²) in [6.07, 6.45) is 18.7. The minimum atomic E-state index is -3.90. The summed E-state index contributed by atoms with van der Waals surface area (Å²) in [5, 5.41) is 0. The molecule has 24 heavy (non-hydrogen) atoms. The fourth-order valence-electron chi connectivity index (χ4n) is 3.30. The van der Waals surface area contributed by atoms with Crippen LogP contribution in [0.25, 0.3) is 0 Å². The molecule has 0 aliphatic rings. The summed E-state index contributed by atoms with van der Waals surface area (Å²) in [6, 6.07) is 0. The maximum atomic E-state index is 11.1. The molecule has 0 heterocycles. The van der Waals surface area contributed by atoms with Crippen LogP contribution >= 0.6 is 7.60 Å². The second-order valence-corrected chi connectivity index (χ2v) is 9.67. The average Bonchev–Trinajstić information content (AvgIpc) is 2.45. The summed E-state index contributed by atoms with van der Waals surface area (Å²) in [6.45, 7) is 3.12. The molecule has 0 aromatic heterocycles. The number of hydrogen-bond acceptors (Lipinski definition) is 1. The lowest BCUT2D eigenvalue weighted by atomic mass is 10.0. The SMILES string of the molecule is CCCCCCCCCCCCCCCC[N+](C)(C)CP(=O)(O)O. The Balaban J connectivity index is 3.30. The van der Waals surface area contributed by atoms with Crippen LogP contribution < -0.4 is 0 Å². The Morgan fingerprint density at radius 3 is 1.33 bits per heavy atom. The van der Waals surface area contributed by atoms with Crippen LogP contribution in [0.5, 0.6) is 0 Å². The van der Waals surface area contributed by atoms with E-state index >= 15 is 0 Å². The van der Waals surface area contributed by atoms with E-state index in [4.69, 9.17) is 9.79 Å². The van der Waals surface area contributed by atoms with Crippen LogP contribution in [-0.2, 0) is 4.57 Å². The third kappa shape index (κ3) is 18.4. The molecule has 5 heteroatoms. The van der Waals surface area contributed by atoms with Crippen molar-refractivity contribution >= 4 is 7.60 Å². The van der Waals surface area contributed by atoms with Gasteiger partial charge in [-0.3, -0.25) is 4.57 Å². The Morgan fingerprint density at radius 2 is 1.00 bits per heavy atom. The van der Waals surface area contributed by atoms with Crippen molar-refractivity contribution in [3.63, 3.8) is 0 Å². The first-order chi connectivity index (χ1) is 11.3. The highest BCUT2D eigenvalue weighted by Crippen LogP contribution is 2.36. The third-order valence-electron chi connectivity index (χ3n) is 4.68. The molecule has 0 aliphatic heterocycles. The molecular weight excluding hydrogens is 321 g/mol. The fourth-order valence-corrected chi connectivity index (χ4v) is 4.44. The zero-order valence-electron chi connectivity index (χ0n) is 16.5. The lowest BCUT2D eigenvalue weighted by Crippen LogP contribution is -2.41. The Bertz CT molecular complexity index is 329. The summed E-state index contributed by atoms with van der Waals surface area (Å²) < 4.78 is 11.5. The van der Waals surface area contributed by atoms with Crippen molar-refractivity contribution < 1.29 is 18.8 Å². The lowest BCUT2D eigenvalue weighted by Gasteiger charge is -2.29. The summed E-state index contributed by atoms with van der Waals surface area (Å²) in [5.74, 6) is 0. The maximum Gasteiger partial charge on any atom is 0.379 e. The number of hydrogen-bond donors (Lipinski definition) is 2. The summed E-state index contributed by atoms with van der Waals surface area (Å²) in [7, 11) is -0.0950. The van der Waals surface area contributed by atoms with Gasteiger partial charge in [0.1, 0.15) is 0 Å². The van der Waals surface area contributed by atoms with E-state index < -0.39 is 7.60 Å². The summed E-state index contributed by atoms with van der Waals surface area (Å²) in [5.41, 5.74) is 0. The molecule has 2 N–H and O–H groups in total. The van der Waals surface area contributed by atoms with Crippen LogP contribution in [-0.4, -0.2) is 41.2 Å². The van der Waals surface area contributed by atoms with Crippen LogP contribution in [0, 0.1) is 0 Å². The van der Waals surface area contributed by atoms with Gasteiger partial charge in [0.2, 0.25) is 0 Å². The number of nitrogens with zero attached hydrogens (tertiary/aromatic N) is 1. The first kappa shape index (κ1) is 24.1. The van der Waals surface area contributed by atoms with Gasteiger partial charge in [-0.1, -0.05) is 84.0 Å². The van der Waals surface area contributed by atoms with Gasteiger partial charge in [-0.25, -0.2) is 0 Å². The van der Waals surface area contributed by atoms with Gasteiger partial charge in [0.15, 0.2) is 6.29 Å². The summed E-state index contributed by atoms with van der Waals surface area (Å²) >= 11 is 0. The molecule has 0 amide bonds. The van der Waals surface area contributed by atoms with Gasteiger partial charge in [-0.05, 0) is 12.8 Å². The first-order valence-corrected chi connectivity index (χ1v) is 11.9. The molecule has 0 rings (SSSR count). The molecule has 0 atom stereocenters. The van der Waals surface area contributed by atoms with E-state index in [1.165, 1.54) is 83.5 Å². The van der Waals surface area contributed by atoms with Gasteiger partial charge >= 0.3 is 7.60 Å². The van der Waals surface area contributed by atoms with E-state index in [9.17, 15) is 4.57 Å². The minimum absolute atomic E-state index is 0.0502. The molecule has 0 bridgehead atoms. The molecule has 0 unspecified atom stereocenters. The minimum Gasteiger partial charge on any atom is -0.321 e. The molecule has 0 saturated heterocycles. The van der Waals surface area contributed by atoms with Gasteiger partial charge in [-0.2, -0.15) is 0 Å². The topological polar surface area (TPSA) is 57.5 Å². The number of unbranched alkanes of at least 4 members (excludes halogenated alkanes) is 13. The predicted molar refractivity (Wildman–Crippen MR) is 104 cm³/mol. The lowest BCUT2D eigenvalue weighted by molar-refractivity contribution is -0.880. The van der Waals surface area contributed by atoms with Crippen molar-refractivity contribution in [3.05, 3.63) is 0 Å². The first-order valence-electron chi connectivity index (χ1n) is 10.1. The number of quaternary nitrogens is 1. The largest absolute Gasteiger partial charge is 0.379 e. The highest BCUT2D eigenvalue weighted by Gasteiger charge is 2.26. The highest BCUT2D eigenvalue weighted by molar-refractivity contribution is 7.51. The van der Waals surface area contributed by atoms with Crippen LogP contribution in [0.4, 0.5) is 0 Å². The molecule has 0 fully saturated rings. The van der Waals surface area contributed by atoms with Crippen molar-refractivity contribution in [2.45, 2.75) is 96.8 Å². The summed E-state index contributed by atoms with van der Waals surface area (Å²) in [4.78, 5) is 18.1. The van der Waals surface area contributed by atoms with Gasteiger partial charge in [0.25, 0.3) is 0 Å². The normalized spacial score (nSPS) is 12.7. The Kier molecular flexibility index (Phi) is 14.4. The van der Waals surface area contributed by atoms with E-state index in [2.05, 4.69) is 6.92 Å². The molecule has 146 valence electrons. The van der Waals surface area contributed by atoms with E-state index in [1.807, 2.05) is 14.1 Å². The van der Waals surface area contributed by atoms with E-state index in [0.29, 0.717) is 4.48 Å². The highest BCUT2D eigenvalue weighted by atomic mass is 31.2. The van der Waals surface area contributed by atoms with E-state index in [1.54, 1.807) is 0 Å². The smallest absolute Gasteiger partial charge is 0.321 e. The van der Waals surface area contributed by atoms with Crippen LogP contribution in [0.3, 0.4) is 0 Å². The second kappa shape index (κ2) is 14.3. The average molecular weight is 365 g/mol. The predicted octanol–water partition coefficient (Wildman–Crippen LogP) is 5.68. The van der Waals surface area contributed by atoms with Crippen molar-refractivity contribution in [2.24, 2.45) is 0 Å². The molecule has 0 radical (unpaired) electrons. The van der Waals surface area contributed by atoms with Gasteiger partial charge in [0.05, 0.1) is 20.6 Å².